The smallest absolute Gasteiger partial charge is 0.264 e. The predicted molar refractivity (Wildman–Crippen MR) is 114 cm³/mol. The summed E-state index contributed by atoms with van der Waals surface area (Å²) in [5.74, 6) is 0.00293. The molecule has 7 heteroatoms. The molecular formula is C21H24N4O2S. The Labute approximate surface area is 168 Å². The predicted octanol–water partition coefficient (Wildman–Crippen LogP) is 2.88. The molecule has 146 valence electrons. The van der Waals surface area contributed by atoms with E-state index in [4.69, 9.17) is 0 Å². The van der Waals surface area contributed by atoms with Crippen LogP contribution in [0.25, 0.3) is 10.2 Å². The quantitative estimate of drug-likeness (QED) is 0.668. The van der Waals surface area contributed by atoms with Crippen molar-refractivity contribution in [2.24, 2.45) is 7.05 Å². The third-order valence-electron chi connectivity index (χ3n) is 5.69. The van der Waals surface area contributed by atoms with Gasteiger partial charge in [-0.3, -0.25) is 9.59 Å². The lowest BCUT2D eigenvalue weighted by Crippen LogP contribution is -2.49. The van der Waals surface area contributed by atoms with Gasteiger partial charge in [-0.05, 0) is 43.5 Å². The second-order valence-electron chi connectivity index (χ2n) is 7.40. The van der Waals surface area contributed by atoms with Crippen LogP contribution in [0.3, 0.4) is 0 Å². The molecule has 0 radical (unpaired) electrons. The number of hydrogen-bond donors (Lipinski definition) is 0. The summed E-state index contributed by atoms with van der Waals surface area (Å²) in [5.41, 5.74) is 4.47. The van der Waals surface area contributed by atoms with Crippen molar-refractivity contribution in [1.29, 1.82) is 0 Å². The summed E-state index contributed by atoms with van der Waals surface area (Å²) in [6.07, 6.45) is 1.51. The molecule has 0 N–H and O–H groups in total. The van der Waals surface area contributed by atoms with Crippen molar-refractivity contribution in [3.05, 3.63) is 56.4 Å². The third-order valence-corrected chi connectivity index (χ3v) is 6.88. The molecule has 0 spiro atoms. The number of carbonyl (C=O) groups is 1. The molecule has 0 unspecified atom stereocenters. The van der Waals surface area contributed by atoms with Gasteiger partial charge in [0.25, 0.3) is 11.5 Å². The van der Waals surface area contributed by atoms with E-state index in [1.54, 1.807) is 7.05 Å². The van der Waals surface area contributed by atoms with Crippen molar-refractivity contribution in [3.8, 4) is 0 Å². The SMILES string of the molecule is Cc1cccc(N2CCN(C(=O)c3sc4ncn(C)c(=O)c4c3C)CC2)c1C. The number of fused-ring (bicyclic) bond motifs is 1. The summed E-state index contributed by atoms with van der Waals surface area (Å²) in [5, 5.41) is 0.562. The summed E-state index contributed by atoms with van der Waals surface area (Å²) in [6, 6.07) is 6.36. The van der Waals surface area contributed by atoms with Crippen molar-refractivity contribution in [3.63, 3.8) is 0 Å². The van der Waals surface area contributed by atoms with Crippen LogP contribution >= 0.6 is 11.3 Å². The van der Waals surface area contributed by atoms with E-state index in [9.17, 15) is 9.59 Å². The summed E-state index contributed by atoms with van der Waals surface area (Å²) >= 11 is 1.32. The number of aryl methyl sites for hydroxylation is 3. The zero-order valence-corrected chi connectivity index (χ0v) is 17.5. The number of carbonyl (C=O) groups excluding carboxylic acids is 1. The van der Waals surface area contributed by atoms with E-state index < -0.39 is 0 Å². The Morgan fingerprint density at radius 2 is 1.79 bits per heavy atom. The second kappa shape index (κ2) is 7.05. The van der Waals surface area contributed by atoms with Gasteiger partial charge in [0.1, 0.15) is 4.83 Å². The van der Waals surface area contributed by atoms with Crippen molar-refractivity contribution >= 4 is 33.1 Å². The zero-order valence-electron chi connectivity index (χ0n) is 16.7. The van der Waals surface area contributed by atoms with Gasteiger partial charge in [-0.2, -0.15) is 0 Å². The highest BCUT2D eigenvalue weighted by Gasteiger charge is 2.27. The summed E-state index contributed by atoms with van der Waals surface area (Å²) in [4.78, 5) is 35.4. The van der Waals surface area contributed by atoms with E-state index in [1.807, 2.05) is 11.8 Å². The fourth-order valence-corrected chi connectivity index (χ4v) is 4.89. The van der Waals surface area contributed by atoms with Gasteiger partial charge >= 0.3 is 0 Å². The maximum Gasteiger partial charge on any atom is 0.264 e. The Kier molecular flexibility index (Phi) is 4.71. The maximum absolute atomic E-state index is 13.1. The highest BCUT2D eigenvalue weighted by molar-refractivity contribution is 7.20. The van der Waals surface area contributed by atoms with Gasteiger partial charge in [-0.25, -0.2) is 4.98 Å². The fraction of sp³-hybridized carbons (Fsp3) is 0.381. The lowest BCUT2D eigenvalue weighted by Gasteiger charge is -2.37. The standard InChI is InChI=1S/C21H24N4O2S/c1-13-6-5-7-16(14(13)2)24-8-10-25(11-9-24)21(27)18-15(3)17-19(28-18)22-12-23(4)20(17)26/h5-7,12H,8-11H2,1-4H3. The van der Waals surface area contributed by atoms with Crippen LogP contribution in [0.4, 0.5) is 5.69 Å². The molecule has 0 saturated carbocycles. The van der Waals surface area contributed by atoms with Gasteiger partial charge in [0.05, 0.1) is 16.6 Å². The van der Waals surface area contributed by atoms with Gasteiger partial charge in [0.15, 0.2) is 0 Å². The molecule has 3 aromatic rings. The Balaban J connectivity index is 1.56. The van der Waals surface area contributed by atoms with E-state index in [2.05, 4.69) is 41.9 Å². The molecule has 1 aliphatic heterocycles. The van der Waals surface area contributed by atoms with Gasteiger partial charge in [0.2, 0.25) is 0 Å². The molecule has 6 nitrogen and oxygen atoms in total. The molecule has 0 atom stereocenters. The molecule has 4 rings (SSSR count). The first-order valence-electron chi connectivity index (χ1n) is 9.43. The van der Waals surface area contributed by atoms with Crippen LogP contribution in [0.15, 0.2) is 29.3 Å². The molecule has 1 aromatic carbocycles. The largest absolute Gasteiger partial charge is 0.368 e. The number of nitrogens with zero attached hydrogens (tertiary/aromatic N) is 4. The number of anilines is 1. The van der Waals surface area contributed by atoms with Gasteiger partial charge in [0, 0.05) is 38.9 Å². The van der Waals surface area contributed by atoms with Crippen LogP contribution in [0, 0.1) is 20.8 Å². The summed E-state index contributed by atoms with van der Waals surface area (Å²) < 4.78 is 1.46. The molecule has 1 amide bonds. The van der Waals surface area contributed by atoms with Crippen molar-refractivity contribution in [2.45, 2.75) is 20.8 Å². The summed E-state index contributed by atoms with van der Waals surface area (Å²) in [7, 11) is 1.68. The van der Waals surface area contributed by atoms with E-state index in [0.29, 0.717) is 28.2 Å². The van der Waals surface area contributed by atoms with Crippen molar-refractivity contribution in [1.82, 2.24) is 14.5 Å². The van der Waals surface area contributed by atoms with Crippen molar-refractivity contribution in [2.75, 3.05) is 31.1 Å². The highest BCUT2D eigenvalue weighted by atomic mass is 32.1. The number of thiophene rings is 1. The first-order chi connectivity index (χ1) is 13.4. The number of aromatic nitrogens is 2. The minimum atomic E-state index is -0.0995. The van der Waals surface area contributed by atoms with E-state index >= 15 is 0 Å². The van der Waals surface area contributed by atoms with Crippen LogP contribution in [-0.2, 0) is 7.05 Å². The Morgan fingerprint density at radius 1 is 1.07 bits per heavy atom. The summed E-state index contributed by atoms with van der Waals surface area (Å²) in [6.45, 7) is 9.08. The topological polar surface area (TPSA) is 58.4 Å². The van der Waals surface area contributed by atoms with Gasteiger partial charge in [-0.1, -0.05) is 12.1 Å². The molecular weight excluding hydrogens is 372 g/mol. The van der Waals surface area contributed by atoms with E-state index in [0.717, 1.165) is 18.7 Å². The first kappa shape index (κ1) is 18.7. The fourth-order valence-electron chi connectivity index (χ4n) is 3.79. The van der Waals surface area contributed by atoms with Crippen LogP contribution < -0.4 is 10.5 Å². The van der Waals surface area contributed by atoms with Crippen LogP contribution in [-0.4, -0.2) is 46.5 Å². The maximum atomic E-state index is 13.1. The van der Waals surface area contributed by atoms with Crippen LogP contribution in [0.2, 0.25) is 0 Å². The van der Waals surface area contributed by atoms with Crippen LogP contribution in [0.5, 0.6) is 0 Å². The number of piperazine rings is 1. The average molecular weight is 397 g/mol. The molecule has 0 bridgehead atoms. The molecule has 1 aliphatic rings. The minimum Gasteiger partial charge on any atom is -0.368 e. The Bertz CT molecular complexity index is 1120. The number of amides is 1. The molecule has 3 heterocycles. The van der Waals surface area contributed by atoms with E-state index in [1.165, 1.54) is 39.0 Å². The minimum absolute atomic E-state index is 0.00293. The second-order valence-corrected chi connectivity index (χ2v) is 8.39. The van der Waals surface area contributed by atoms with E-state index in [-0.39, 0.29) is 11.5 Å². The molecule has 1 fully saturated rings. The average Bonchev–Trinajstić information content (AvgIpc) is 3.04. The first-order valence-corrected chi connectivity index (χ1v) is 10.2. The van der Waals surface area contributed by atoms with Gasteiger partial charge in [-0.15, -0.1) is 11.3 Å². The number of rotatable bonds is 2. The number of hydrogen-bond acceptors (Lipinski definition) is 5. The third kappa shape index (κ3) is 2.99. The molecule has 0 aliphatic carbocycles. The number of benzene rings is 1. The molecule has 28 heavy (non-hydrogen) atoms. The van der Waals surface area contributed by atoms with Crippen molar-refractivity contribution < 1.29 is 4.79 Å². The molecule has 1 saturated heterocycles. The normalized spacial score (nSPS) is 14.7. The van der Waals surface area contributed by atoms with Crippen LogP contribution in [0.1, 0.15) is 26.4 Å². The highest BCUT2D eigenvalue weighted by Crippen LogP contribution is 2.29. The Hall–Kier alpha value is -2.67. The lowest BCUT2D eigenvalue weighted by molar-refractivity contribution is 0.0751. The molecule has 2 aromatic heterocycles. The Morgan fingerprint density at radius 3 is 2.50 bits per heavy atom. The monoisotopic (exact) mass is 396 g/mol. The zero-order chi connectivity index (χ0) is 20.0. The lowest BCUT2D eigenvalue weighted by atomic mass is 10.1. The van der Waals surface area contributed by atoms with Gasteiger partial charge < -0.3 is 14.4 Å².